The number of carbonyl (C=O) groups is 3. The molecule has 1 atom stereocenters. The Balaban J connectivity index is 2.04. The van der Waals surface area contributed by atoms with Crippen LogP contribution in [-0.4, -0.2) is 32.2 Å². The van der Waals surface area contributed by atoms with E-state index in [1.165, 1.54) is 45.0 Å². The predicted molar refractivity (Wildman–Crippen MR) is 110 cm³/mol. The highest BCUT2D eigenvalue weighted by molar-refractivity contribution is 7.89. The lowest BCUT2D eigenvalue weighted by atomic mass is 10.2. The first-order valence-electron chi connectivity index (χ1n) is 8.65. The van der Waals surface area contributed by atoms with Gasteiger partial charge in [-0.05, 0) is 49.4 Å². The van der Waals surface area contributed by atoms with E-state index in [4.69, 9.17) is 0 Å². The van der Waals surface area contributed by atoms with Crippen LogP contribution < -0.4 is 20.7 Å². The summed E-state index contributed by atoms with van der Waals surface area (Å²) in [6.07, 6.45) is 0. The predicted octanol–water partition coefficient (Wildman–Crippen LogP) is 1.91. The summed E-state index contributed by atoms with van der Waals surface area (Å²) in [6, 6.07) is 11.0. The highest BCUT2D eigenvalue weighted by Gasteiger charge is 2.22. The van der Waals surface area contributed by atoms with Gasteiger partial charge in [-0.3, -0.25) is 14.4 Å². The number of anilines is 3. The monoisotopic (exact) mass is 418 g/mol. The number of hydrogen-bond acceptors (Lipinski definition) is 5. The Bertz CT molecular complexity index is 1020. The molecule has 0 aliphatic rings. The highest BCUT2D eigenvalue weighted by atomic mass is 32.2. The molecule has 10 heteroatoms. The van der Waals surface area contributed by atoms with E-state index in [1.807, 2.05) is 0 Å². The van der Waals surface area contributed by atoms with Crippen LogP contribution in [0.15, 0.2) is 53.4 Å². The summed E-state index contributed by atoms with van der Waals surface area (Å²) < 4.78 is 27.3. The van der Waals surface area contributed by atoms with Crippen molar-refractivity contribution in [3.63, 3.8) is 0 Å². The van der Waals surface area contributed by atoms with Crippen molar-refractivity contribution >= 4 is 44.8 Å². The molecule has 0 aliphatic carbocycles. The third-order valence-electron chi connectivity index (χ3n) is 3.66. The Labute approximate surface area is 168 Å². The molecule has 0 aromatic heterocycles. The molecule has 0 aliphatic heterocycles. The van der Waals surface area contributed by atoms with E-state index >= 15 is 0 Å². The Morgan fingerprint density at radius 2 is 1.31 bits per heavy atom. The normalized spacial score (nSPS) is 12.0. The SMILES string of the molecule is CC(=O)Nc1ccc(S(=O)(=O)N[C@@H](C)C(=O)Nc2cccc(NC(C)=O)c2)cc1. The third kappa shape index (κ3) is 6.70. The zero-order valence-corrected chi connectivity index (χ0v) is 17.0. The van der Waals surface area contributed by atoms with Crippen molar-refractivity contribution in [2.24, 2.45) is 0 Å². The number of benzene rings is 2. The molecule has 9 nitrogen and oxygen atoms in total. The molecule has 3 amide bonds. The smallest absolute Gasteiger partial charge is 0.242 e. The van der Waals surface area contributed by atoms with Crippen LogP contribution >= 0.6 is 0 Å². The molecule has 0 bridgehead atoms. The largest absolute Gasteiger partial charge is 0.326 e. The lowest BCUT2D eigenvalue weighted by Gasteiger charge is -2.15. The van der Waals surface area contributed by atoms with Crippen LogP contribution in [0.1, 0.15) is 20.8 Å². The molecule has 0 radical (unpaired) electrons. The molecule has 0 spiro atoms. The lowest BCUT2D eigenvalue weighted by molar-refractivity contribution is -0.117. The second-order valence-corrected chi connectivity index (χ2v) is 8.01. The number of rotatable bonds is 7. The van der Waals surface area contributed by atoms with Crippen LogP contribution in [0, 0.1) is 0 Å². The average molecular weight is 418 g/mol. The van der Waals surface area contributed by atoms with Crippen LogP contribution in [0.2, 0.25) is 0 Å². The molecular formula is C19H22N4O5S. The topological polar surface area (TPSA) is 133 Å². The Kier molecular flexibility index (Phi) is 7.08. The molecule has 154 valence electrons. The van der Waals surface area contributed by atoms with E-state index in [9.17, 15) is 22.8 Å². The van der Waals surface area contributed by atoms with Gasteiger partial charge >= 0.3 is 0 Å². The molecule has 0 heterocycles. The van der Waals surface area contributed by atoms with Gasteiger partial charge in [-0.1, -0.05) is 6.07 Å². The van der Waals surface area contributed by atoms with Crippen molar-refractivity contribution in [1.29, 1.82) is 0 Å². The summed E-state index contributed by atoms with van der Waals surface area (Å²) in [5, 5.41) is 7.73. The second-order valence-electron chi connectivity index (χ2n) is 6.30. The average Bonchev–Trinajstić information content (AvgIpc) is 2.61. The molecule has 0 saturated heterocycles. The summed E-state index contributed by atoms with van der Waals surface area (Å²) in [7, 11) is -3.95. The second kappa shape index (κ2) is 9.30. The standard InChI is InChI=1S/C19H22N4O5S/c1-12(19(26)22-17-6-4-5-16(11-17)21-14(3)25)23-29(27,28)18-9-7-15(8-10-18)20-13(2)24/h4-12,23H,1-3H3,(H,20,24)(H,21,25)(H,22,26)/t12-/m0/s1. The van der Waals surface area contributed by atoms with Gasteiger partial charge in [0, 0.05) is 30.9 Å². The summed E-state index contributed by atoms with van der Waals surface area (Å²) in [6.45, 7) is 4.12. The fourth-order valence-electron chi connectivity index (χ4n) is 2.40. The van der Waals surface area contributed by atoms with Crippen LogP contribution in [0.3, 0.4) is 0 Å². The molecule has 0 unspecified atom stereocenters. The van der Waals surface area contributed by atoms with Gasteiger partial charge in [-0.15, -0.1) is 0 Å². The van der Waals surface area contributed by atoms with Crippen LogP contribution in [0.4, 0.5) is 17.1 Å². The van der Waals surface area contributed by atoms with Crippen LogP contribution in [0.25, 0.3) is 0 Å². The summed E-state index contributed by atoms with van der Waals surface area (Å²) in [5.74, 6) is -1.09. The van der Waals surface area contributed by atoms with Crippen LogP contribution in [0.5, 0.6) is 0 Å². The third-order valence-corrected chi connectivity index (χ3v) is 5.22. The molecule has 29 heavy (non-hydrogen) atoms. The van der Waals surface area contributed by atoms with Gasteiger partial charge in [0.2, 0.25) is 27.7 Å². The first-order valence-corrected chi connectivity index (χ1v) is 10.1. The van der Waals surface area contributed by atoms with Gasteiger partial charge in [0.25, 0.3) is 0 Å². The molecule has 2 aromatic rings. The molecule has 0 saturated carbocycles. The number of hydrogen-bond donors (Lipinski definition) is 4. The maximum Gasteiger partial charge on any atom is 0.242 e. The van der Waals surface area contributed by atoms with E-state index < -0.39 is 22.0 Å². The van der Waals surface area contributed by atoms with Crippen molar-refractivity contribution in [2.75, 3.05) is 16.0 Å². The van der Waals surface area contributed by atoms with Crippen molar-refractivity contribution in [3.8, 4) is 0 Å². The summed E-state index contributed by atoms with van der Waals surface area (Å²) >= 11 is 0. The number of carbonyl (C=O) groups excluding carboxylic acids is 3. The van der Waals surface area contributed by atoms with Gasteiger partial charge < -0.3 is 16.0 Å². The van der Waals surface area contributed by atoms with E-state index in [-0.39, 0.29) is 16.7 Å². The van der Waals surface area contributed by atoms with Crippen molar-refractivity contribution in [1.82, 2.24) is 4.72 Å². The zero-order valence-electron chi connectivity index (χ0n) is 16.1. The van der Waals surface area contributed by atoms with E-state index in [0.717, 1.165) is 0 Å². The van der Waals surface area contributed by atoms with Gasteiger partial charge in [0.15, 0.2) is 0 Å². The fourth-order valence-corrected chi connectivity index (χ4v) is 3.61. The minimum Gasteiger partial charge on any atom is -0.326 e. The molecular weight excluding hydrogens is 396 g/mol. The number of amides is 3. The minimum absolute atomic E-state index is 0.0427. The van der Waals surface area contributed by atoms with Gasteiger partial charge in [0.1, 0.15) is 0 Å². The fraction of sp³-hybridized carbons (Fsp3) is 0.211. The Hall–Kier alpha value is -3.24. The van der Waals surface area contributed by atoms with Crippen molar-refractivity contribution < 1.29 is 22.8 Å². The maximum absolute atomic E-state index is 12.5. The van der Waals surface area contributed by atoms with Gasteiger partial charge in [-0.25, -0.2) is 8.42 Å². The van der Waals surface area contributed by atoms with E-state index in [0.29, 0.717) is 17.1 Å². The summed E-state index contributed by atoms with van der Waals surface area (Å²) in [5.41, 5.74) is 1.37. The Morgan fingerprint density at radius 3 is 1.86 bits per heavy atom. The van der Waals surface area contributed by atoms with Gasteiger partial charge in [0.05, 0.1) is 10.9 Å². The van der Waals surface area contributed by atoms with Gasteiger partial charge in [-0.2, -0.15) is 4.72 Å². The van der Waals surface area contributed by atoms with Crippen molar-refractivity contribution in [3.05, 3.63) is 48.5 Å². The Morgan fingerprint density at radius 1 is 0.793 bits per heavy atom. The maximum atomic E-state index is 12.5. The molecule has 0 fully saturated rings. The first kappa shape index (κ1) is 22.1. The van der Waals surface area contributed by atoms with E-state index in [1.54, 1.807) is 24.3 Å². The lowest BCUT2D eigenvalue weighted by Crippen LogP contribution is -2.41. The number of sulfonamides is 1. The quantitative estimate of drug-likeness (QED) is 0.545. The first-order chi connectivity index (χ1) is 13.6. The summed E-state index contributed by atoms with van der Waals surface area (Å²) in [4.78, 5) is 34.5. The van der Waals surface area contributed by atoms with Crippen molar-refractivity contribution in [2.45, 2.75) is 31.7 Å². The highest BCUT2D eigenvalue weighted by Crippen LogP contribution is 2.17. The van der Waals surface area contributed by atoms with Crippen LogP contribution in [-0.2, 0) is 24.4 Å². The van der Waals surface area contributed by atoms with E-state index in [2.05, 4.69) is 20.7 Å². The molecule has 4 N–H and O–H groups in total. The minimum atomic E-state index is -3.95. The number of nitrogens with one attached hydrogen (secondary N) is 4. The zero-order chi connectivity index (χ0) is 21.6. The molecule has 2 rings (SSSR count). The molecule has 2 aromatic carbocycles.